The molecule has 176 valence electrons. The second kappa shape index (κ2) is 11.0. The third-order valence-electron chi connectivity index (χ3n) is 5.79. The summed E-state index contributed by atoms with van der Waals surface area (Å²) in [6, 6.07) is 12.1. The molecule has 0 radical (unpaired) electrons. The zero-order valence-electron chi connectivity index (χ0n) is 18.8. The van der Waals surface area contributed by atoms with Crippen molar-refractivity contribution in [3.8, 4) is 0 Å². The maximum Gasteiger partial charge on any atom is 0.279 e. The minimum absolute atomic E-state index is 0.113. The Balaban J connectivity index is 1.86. The molecule has 0 aliphatic carbocycles. The van der Waals surface area contributed by atoms with Crippen molar-refractivity contribution in [2.24, 2.45) is 10.9 Å². The Hall–Kier alpha value is -1.96. The first kappa shape index (κ1) is 25.7. The average Bonchev–Trinajstić information content (AvgIpc) is 2.78. The summed E-state index contributed by atoms with van der Waals surface area (Å²) in [5, 5.41) is 11.9. The quantitative estimate of drug-likeness (QED) is 0.452. The Morgan fingerprint density at radius 3 is 2.48 bits per heavy atom. The van der Waals surface area contributed by atoms with E-state index in [9.17, 15) is 4.79 Å². The van der Waals surface area contributed by atoms with Crippen LogP contribution in [0.4, 0.5) is 5.69 Å². The number of ether oxygens (including phenoxy) is 1. The Bertz CT molecular complexity index is 1060. The largest absolute Gasteiger partial charge is 0.377 e. The van der Waals surface area contributed by atoms with Crippen molar-refractivity contribution in [2.75, 3.05) is 20.2 Å². The molecule has 1 amide bonds. The van der Waals surface area contributed by atoms with E-state index in [1.165, 1.54) is 0 Å². The van der Waals surface area contributed by atoms with Gasteiger partial charge in [0.1, 0.15) is 5.71 Å². The van der Waals surface area contributed by atoms with E-state index in [1.807, 2.05) is 11.9 Å². The number of halogens is 3. The molecule has 0 aromatic heterocycles. The molecule has 1 saturated heterocycles. The lowest BCUT2D eigenvalue weighted by Gasteiger charge is -2.39. The van der Waals surface area contributed by atoms with Crippen LogP contribution >= 0.6 is 34.8 Å². The molecular formula is C24H27Cl3N4O2. The molecule has 1 aliphatic heterocycles. The van der Waals surface area contributed by atoms with Crippen LogP contribution in [-0.4, -0.2) is 48.1 Å². The first-order chi connectivity index (χ1) is 15.6. The molecule has 2 aromatic rings. The summed E-state index contributed by atoms with van der Waals surface area (Å²) in [4.78, 5) is 17.7. The Kier molecular flexibility index (Phi) is 8.54. The minimum Gasteiger partial charge on any atom is -0.377 e. The average molecular weight is 510 g/mol. The molecule has 0 saturated carbocycles. The third kappa shape index (κ3) is 6.55. The summed E-state index contributed by atoms with van der Waals surface area (Å²) in [6.07, 6.45) is 1.80. The van der Waals surface area contributed by atoms with Crippen LogP contribution in [0.1, 0.15) is 32.3 Å². The van der Waals surface area contributed by atoms with E-state index >= 15 is 0 Å². The van der Waals surface area contributed by atoms with Crippen molar-refractivity contribution in [1.82, 2.24) is 10.4 Å². The van der Waals surface area contributed by atoms with E-state index in [1.54, 1.807) is 56.5 Å². The van der Waals surface area contributed by atoms with E-state index in [2.05, 4.69) is 5.43 Å². The molecular weight excluding hydrogens is 483 g/mol. The number of aliphatic imine (C=N–C) groups is 1. The van der Waals surface area contributed by atoms with Gasteiger partial charge >= 0.3 is 0 Å². The number of carbonyl (C=O) groups excluding carboxylic acids is 1. The van der Waals surface area contributed by atoms with Gasteiger partial charge in [-0.2, -0.15) is 0 Å². The molecule has 2 N–H and O–H groups in total. The van der Waals surface area contributed by atoms with E-state index in [0.717, 1.165) is 18.4 Å². The number of nitrogens with zero attached hydrogens (tertiary/aromatic N) is 2. The fourth-order valence-corrected chi connectivity index (χ4v) is 4.32. The smallest absolute Gasteiger partial charge is 0.279 e. The topological polar surface area (TPSA) is 77.8 Å². The molecule has 3 rings (SSSR count). The van der Waals surface area contributed by atoms with Crippen molar-refractivity contribution >= 4 is 57.8 Å². The van der Waals surface area contributed by atoms with Gasteiger partial charge in [-0.15, -0.1) is 0 Å². The van der Waals surface area contributed by atoms with Gasteiger partial charge in [-0.05, 0) is 55.7 Å². The summed E-state index contributed by atoms with van der Waals surface area (Å²) in [5.74, 6) is -1.09. The number of benzene rings is 2. The lowest BCUT2D eigenvalue weighted by atomic mass is 9.93. The molecule has 6 nitrogen and oxygen atoms in total. The number of nitrogens with one attached hydrogen (secondary N) is 2. The van der Waals surface area contributed by atoms with E-state index in [4.69, 9.17) is 49.9 Å². The van der Waals surface area contributed by atoms with Gasteiger partial charge in [0.15, 0.2) is 0 Å². The fraction of sp³-hybridized carbons (Fsp3) is 0.375. The maximum absolute atomic E-state index is 13.0. The molecule has 0 spiro atoms. The van der Waals surface area contributed by atoms with Gasteiger partial charge < -0.3 is 4.74 Å². The molecule has 1 heterocycles. The second-order valence-electron chi connectivity index (χ2n) is 8.36. The Labute approximate surface area is 209 Å². The first-order valence-electron chi connectivity index (χ1n) is 10.6. The summed E-state index contributed by atoms with van der Waals surface area (Å²) >= 11 is 18.4. The lowest BCUT2D eigenvalue weighted by molar-refractivity contribution is -0.124. The van der Waals surface area contributed by atoms with Crippen LogP contribution < -0.4 is 5.43 Å². The molecule has 2 atom stereocenters. The normalized spacial score (nSPS) is 20.4. The highest BCUT2D eigenvalue weighted by Gasteiger charge is 2.33. The summed E-state index contributed by atoms with van der Waals surface area (Å²) in [5.41, 5.74) is 4.17. The third-order valence-corrected chi connectivity index (χ3v) is 6.58. The zero-order valence-corrected chi connectivity index (χ0v) is 21.1. The predicted octanol–water partition coefficient (Wildman–Crippen LogP) is 5.96. The van der Waals surface area contributed by atoms with E-state index < -0.39 is 11.8 Å². The SMILES string of the molecule is COC1(C)CCCN(NC(=O)C(=N)C(C)C(=Nc2ccc(Cl)cc2Cl)c2ccc(Cl)cc2)C1. The number of hydrazine groups is 1. The van der Waals surface area contributed by atoms with Gasteiger partial charge in [0.25, 0.3) is 5.91 Å². The second-order valence-corrected chi connectivity index (χ2v) is 9.64. The van der Waals surface area contributed by atoms with Crippen LogP contribution in [0.2, 0.25) is 15.1 Å². The monoisotopic (exact) mass is 508 g/mol. The molecule has 0 bridgehead atoms. The molecule has 9 heteroatoms. The summed E-state index contributed by atoms with van der Waals surface area (Å²) in [7, 11) is 1.67. The van der Waals surface area contributed by atoms with Crippen molar-refractivity contribution in [2.45, 2.75) is 32.3 Å². The van der Waals surface area contributed by atoms with Crippen molar-refractivity contribution in [1.29, 1.82) is 5.41 Å². The molecule has 33 heavy (non-hydrogen) atoms. The van der Waals surface area contributed by atoms with Crippen LogP contribution in [0.25, 0.3) is 0 Å². The van der Waals surface area contributed by atoms with Gasteiger partial charge in [-0.25, -0.2) is 5.01 Å². The number of hydrogen-bond donors (Lipinski definition) is 2. The van der Waals surface area contributed by atoms with Crippen LogP contribution in [0.3, 0.4) is 0 Å². The van der Waals surface area contributed by atoms with Gasteiger partial charge in [0, 0.05) is 36.2 Å². The van der Waals surface area contributed by atoms with E-state index in [0.29, 0.717) is 39.6 Å². The maximum atomic E-state index is 13.0. The lowest BCUT2D eigenvalue weighted by Crippen LogP contribution is -2.56. The molecule has 1 aliphatic rings. The molecule has 2 unspecified atom stereocenters. The summed E-state index contributed by atoms with van der Waals surface area (Å²) < 4.78 is 5.59. The molecule has 1 fully saturated rings. The number of rotatable bonds is 7. The number of hydrogen-bond acceptors (Lipinski definition) is 5. The van der Waals surface area contributed by atoms with Crippen LogP contribution in [0.15, 0.2) is 47.5 Å². The minimum atomic E-state index is -0.614. The number of carbonyl (C=O) groups is 1. The van der Waals surface area contributed by atoms with Gasteiger partial charge in [-0.3, -0.25) is 20.6 Å². The highest BCUT2D eigenvalue weighted by Crippen LogP contribution is 2.30. The summed E-state index contributed by atoms with van der Waals surface area (Å²) in [6.45, 7) is 5.04. The number of piperidine rings is 1. The van der Waals surface area contributed by atoms with Crippen molar-refractivity contribution in [3.05, 3.63) is 63.1 Å². The highest BCUT2D eigenvalue weighted by atomic mass is 35.5. The Morgan fingerprint density at radius 1 is 1.18 bits per heavy atom. The van der Waals surface area contributed by atoms with E-state index in [-0.39, 0.29) is 11.3 Å². The zero-order chi connectivity index (χ0) is 24.2. The fourth-order valence-electron chi connectivity index (χ4n) is 3.74. The standard InChI is InChI=1S/C24H27Cl3N4O2/c1-15(21(28)23(32)30-31-12-4-11-24(2,14-31)33-3)22(16-5-7-17(25)8-6-16)29-20-10-9-18(26)13-19(20)27/h5-10,13,15,28H,4,11-12,14H2,1-3H3,(H,30,32). The van der Waals surface area contributed by atoms with Crippen molar-refractivity contribution in [3.63, 3.8) is 0 Å². The Morgan fingerprint density at radius 2 is 1.85 bits per heavy atom. The van der Waals surface area contributed by atoms with Crippen LogP contribution in [0, 0.1) is 11.3 Å². The first-order valence-corrected chi connectivity index (χ1v) is 11.7. The highest BCUT2D eigenvalue weighted by molar-refractivity contribution is 6.43. The van der Waals surface area contributed by atoms with Crippen LogP contribution in [-0.2, 0) is 9.53 Å². The number of methoxy groups -OCH3 is 1. The number of amides is 1. The molecule has 2 aromatic carbocycles. The van der Waals surface area contributed by atoms with Crippen molar-refractivity contribution < 1.29 is 9.53 Å². The van der Waals surface area contributed by atoms with Crippen LogP contribution in [0.5, 0.6) is 0 Å². The predicted molar refractivity (Wildman–Crippen MR) is 135 cm³/mol. The van der Waals surface area contributed by atoms with Gasteiger partial charge in [0.05, 0.1) is 22.0 Å². The van der Waals surface area contributed by atoms with Gasteiger partial charge in [0.2, 0.25) is 0 Å². The van der Waals surface area contributed by atoms with Gasteiger partial charge in [-0.1, -0.05) is 53.9 Å².